The van der Waals surface area contributed by atoms with Crippen LogP contribution in [0.1, 0.15) is 24.8 Å². The molecule has 1 spiro atoms. The van der Waals surface area contributed by atoms with E-state index in [4.69, 9.17) is 17.3 Å². The average Bonchev–Trinajstić information content (AvgIpc) is 2.89. The lowest BCUT2D eigenvalue weighted by Gasteiger charge is -2.41. The van der Waals surface area contributed by atoms with Crippen molar-refractivity contribution in [2.45, 2.75) is 25.7 Å². The fourth-order valence-corrected chi connectivity index (χ4v) is 4.00. The van der Waals surface area contributed by atoms with Crippen molar-refractivity contribution < 1.29 is 9.59 Å². The Morgan fingerprint density at radius 3 is 2.81 bits per heavy atom. The lowest BCUT2D eigenvalue weighted by Crippen LogP contribution is -2.46. The number of hydrogen-bond donors (Lipinski definition) is 1. The van der Waals surface area contributed by atoms with Crippen LogP contribution in [0.25, 0.3) is 0 Å². The van der Waals surface area contributed by atoms with Gasteiger partial charge in [-0.2, -0.15) is 0 Å². The Morgan fingerprint density at radius 2 is 2.14 bits per heavy atom. The largest absolute Gasteiger partial charge is 0.369 e. The van der Waals surface area contributed by atoms with Crippen LogP contribution in [-0.2, 0) is 16.0 Å². The molecule has 1 aliphatic carbocycles. The summed E-state index contributed by atoms with van der Waals surface area (Å²) in [6.07, 6.45) is 3.42. The molecule has 1 aromatic carbocycles. The third-order valence-electron chi connectivity index (χ3n) is 4.86. The normalized spacial score (nSPS) is 27.7. The average molecular weight is 307 g/mol. The first-order chi connectivity index (χ1) is 10.0. The van der Waals surface area contributed by atoms with E-state index in [2.05, 4.69) is 6.07 Å². The Kier molecular flexibility index (Phi) is 3.66. The van der Waals surface area contributed by atoms with Gasteiger partial charge in [-0.15, -0.1) is 11.6 Å². The van der Waals surface area contributed by atoms with Crippen molar-refractivity contribution in [1.82, 2.24) is 0 Å². The van der Waals surface area contributed by atoms with Crippen LogP contribution in [0.5, 0.6) is 0 Å². The number of amides is 2. The van der Waals surface area contributed by atoms with Crippen molar-refractivity contribution in [3.8, 4) is 0 Å². The van der Waals surface area contributed by atoms with Crippen LogP contribution in [0.2, 0.25) is 0 Å². The van der Waals surface area contributed by atoms with Gasteiger partial charge in [-0.3, -0.25) is 9.59 Å². The highest BCUT2D eigenvalue weighted by atomic mass is 35.5. The van der Waals surface area contributed by atoms with Crippen LogP contribution in [0.3, 0.4) is 0 Å². The lowest BCUT2D eigenvalue weighted by atomic mass is 9.75. The van der Waals surface area contributed by atoms with Gasteiger partial charge < -0.3 is 10.6 Å². The number of primary amides is 1. The molecular weight excluding hydrogens is 288 g/mol. The number of nitrogens with two attached hydrogens (primary N) is 1. The van der Waals surface area contributed by atoms with E-state index < -0.39 is 0 Å². The third-order valence-corrected chi connectivity index (χ3v) is 5.09. The van der Waals surface area contributed by atoms with Crippen LogP contribution < -0.4 is 10.6 Å². The predicted molar refractivity (Wildman–Crippen MR) is 82.2 cm³/mol. The number of carbonyl (C=O) groups is 2. The monoisotopic (exact) mass is 306 g/mol. The standard InChI is InChI=1S/C16H19ClN2O2/c17-9-14(20)19-10-16(6-5-12(8-16)15(18)21)7-11-3-1-2-4-13(11)19/h1-4,12H,5-10H2,(H2,18,21). The van der Waals surface area contributed by atoms with Crippen LogP contribution >= 0.6 is 11.6 Å². The second-order valence-corrected chi connectivity index (χ2v) is 6.53. The minimum atomic E-state index is -0.221. The molecule has 3 rings (SSSR count). The summed E-state index contributed by atoms with van der Waals surface area (Å²) in [6, 6.07) is 7.95. The number of para-hydroxylation sites is 1. The molecule has 0 bridgehead atoms. The summed E-state index contributed by atoms with van der Waals surface area (Å²) in [5.41, 5.74) is 7.54. The number of anilines is 1. The smallest absolute Gasteiger partial charge is 0.241 e. The quantitative estimate of drug-likeness (QED) is 0.850. The van der Waals surface area contributed by atoms with E-state index in [1.165, 1.54) is 0 Å². The summed E-state index contributed by atoms with van der Waals surface area (Å²) >= 11 is 5.76. The van der Waals surface area contributed by atoms with Gasteiger partial charge in [0.05, 0.1) is 0 Å². The Morgan fingerprint density at radius 1 is 1.38 bits per heavy atom. The van der Waals surface area contributed by atoms with Crippen LogP contribution in [0.4, 0.5) is 5.69 Å². The van der Waals surface area contributed by atoms with E-state index in [-0.39, 0.29) is 29.0 Å². The number of hydrogen-bond acceptors (Lipinski definition) is 2. The lowest BCUT2D eigenvalue weighted by molar-refractivity contribution is -0.121. The zero-order chi connectivity index (χ0) is 15.0. The van der Waals surface area contributed by atoms with Crippen LogP contribution in [-0.4, -0.2) is 24.2 Å². The van der Waals surface area contributed by atoms with Crippen molar-refractivity contribution in [2.24, 2.45) is 17.1 Å². The van der Waals surface area contributed by atoms with E-state index in [1.807, 2.05) is 18.2 Å². The summed E-state index contributed by atoms with van der Waals surface area (Å²) in [5.74, 6) is -0.390. The molecule has 1 heterocycles. The highest BCUT2D eigenvalue weighted by Gasteiger charge is 2.46. The van der Waals surface area contributed by atoms with E-state index in [0.717, 1.165) is 36.9 Å². The van der Waals surface area contributed by atoms with Gasteiger partial charge in [-0.05, 0) is 42.7 Å². The number of rotatable bonds is 2. The van der Waals surface area contributed by atoms with Crippen molar-refractivity contribution in [3.63, 3.8) is 0 Å². The molecule has 1 saturated carbocycles. The van der Waals surface area contributed by atoms with Crippen molar-refractivity contribution in [1.29, 1.82) is 0 Å². The number of nitrogens with zero attached hydrogens (tertiary/aromatic N) is 1. The summed E-state index contributed by atoms with van der Waals surface area (Å²) in [6.45, 7) is 0.638. The summed E-state index contributed by atoms with van der Waals surface area (Å²) in [4.78, 5) is 25.4. The molecule has 5 heteroatoms. The third kappa shape index (κ3) is 2.53. The molecule has 1 aromatic rings. The van der Waals surface area contributed by atoms with E-state index >= 15 is 0 Å². The predicted octanol–water partition coefficient (Wildman–Crippen LogP) is 2.09. The minimum absolute atomic E-state index is 0.0241. The van der Waals surface area contributed by atoms with E-state index in [1.54, 1.807) is 4.90 Å². The van der Waals surface area contributed by atoms with Gasteiger partial charge in [0.1, 0.15) is 5.88 Å². The second kappa shape index (κ2) is 5.34. The van der Waals surface area contributed by atoms with Gasteiger partial charge in [0.25, 0.3) is 0 Å². The summed E-state index contributed by atoms with van der Waals surface area (Å²) in [5, 5.41) is 0. The molecule has 0 aromatic heterocycles. The molecule has 112 valence electrons. The number of fused-ring (bicyclic) bond motifs is 1. The molecule has 2 aliphatic rings. The highest BCUT2D eigenvalue weighted by molar-refractivity contribution is 6.29. The fourth-order valence-electron chi connectivity index (χ4n) is 3.85. The van der Waals surface area contributed by atoms with Gasteiger partial charge in [0.2, 0.25) is 11.8 Å². The molecule has 0 saturated heterocycles. The zero-order valence-electron chi connectivity index (χ0n) is 11.8. The zero-order valence-corrected chi connectivity index (χ0v) is 12.6. The van der Waals surface area contributed by atoms with Crippen molar-refractivity contribution >= 4 is 29.1 Å². The molecule has 2 amide bonds. The Labute approximate surface area is 129 Å². The maximum atomic E-state index is 12.2. The fraction of sp³-hybridized carbons (Fsp3) is 0.500. The number of benzene rings is 1. The van der Waals surface area contributed by atoms with E-state index in [0.29, 0.717) is 6.54 Å². The van der Waals surface area contributed by atoms with Gasteiger partial charge >= 0.3 is 0 Å². The molecule has 0 radical (unpaired) electrons. The number of carbonyl (C=O) groups excluding carboxylic acids is 2. The first kappa shape index (κ1) is 14.4. The first-order valence-electron chi connectivity index (χ1n) is 7.28. The van der Waals surface area contributed by atoms with Gasteiger partial charge in [-0.25, -0.2) is 0 Å². The first-order valence-corrected chi connectivity index (χ1v) is 7.82. The molecule has 1 aliphatic heterocycles. The molecular formula is C16H19ClN2O2. The Bertz CT molecular complexity index is 589. The molecule has 2 atom stereocenters. The molecule has 1 fully saturated rings. The number of alkyl halides is 1. The Hall–Kier alpha value is -1.55. The number of halogens is 1. The van der Waals surface area contributed by atoms with Gasteiger partial charge in [0.15, 0.2) is 0 Å². The SMILES string of the molecule is NC(=O)C1CCC2(Cc3ccccc3N(C(=O)CCl)C2)C1. The maximum absolute atomic E-state index is 12.2. The topological polar surface area (TPSA) is 63.4 Å². The maximum Gasteiger partial charge on any atom is 0.241 e. The molecule has 4 nitrogen and oxygen atoms in total. The summed E-state index contributed by atoms with van der Waals surface area (Å²) < 4.78 is 0. The second-order valence-electron chi connectivity index (χ2n) is 6.26. The van der Waals surface area contributed by atoms with Crippen molar-refractivity contribution in [3.05, 3.63) is 29.8 Å². The Balaban J connectivity index is 1.94. The van der Waals surface area contributed by atoms with E-state index in [9.17, 15) is 9.59 Å². The van der Waals surface area contributed by atoms with Gasteiger partial charge in [0, 0.05) is 18.2 Å². The van der Waals surface area contributed by atoms with Crippen molar-refractivity contribution in [2.75, 3.05) is 17.3 Å². The molecule has 2 unspecified atom stereocenters. The minimum Gasteiger partial charge on any atom is -0.369 e. The van der Waals surface area contributed by atoms with Gasteiger partial charge in [-0.1, -0.05) is 18.2 Å². The van der Waals surface area contributed by atoms with Crippen LogP contribution in [0, 0.1) is 11.3 Å². The van der Waals surface area contributed by atoms with Crippen LogP contribution in [0.15, 0.2) is 24.3 Å². The summed E-state index contributed by atoms with van der Waals surface area (Å²) in [7, 11) is 0. The molecule has 2 N–H and O–H groups in total. The highest BCUT2D eigenvalue weighted by Crippen LogP contribution is 2.49. The molecule has 21 heavy (non-hydrogen) atoms.